The molecule has 0 N–H and O–H groups in total. The predicted octanol–water partition coefficient (Wildman–Crippen LogP) is -2.51. The van der Waals surface area contributed by atoms with Crippen molar-refractivity contribution < 1.29 is 33.2 Å². The Morgan fingerprint density at radius 3 is 2.10 bits per heavy atom. The predicted molar refractivity (Wildman–Crippen MR) is 37.3 cm³/mol. The van der Waals surface area contributed by atoms with Gasteiger partial charge in [-0.15, -0.1) is 0 Å². The lowest BCUT2D eigenvalue weighted by Crippen LogP contribution is -3.00. The van der Waals surface area contributed by atoms with Crippen molar-refractivity contribution in [3.8, 4) is 0 Å². The van der Waals surface area contributed by atoms with Gasteiger partial charge in [0.05, 0.1) is 26.8 Å². The maximum atomic E-state index is 5.25. The fourth-order valence-electron chi connectivity index (χ4n) is 1.10. The van der Waals surface area contributed by atoms with Crippen molar-refractivity contribution in [2.45, 2.75) is 6.92 Å². The van der Waals surface area contributed by atoms with Gasteiger partial charge in [0.2, 0.25) is 0 Å². The summed E-state index contributed by atoms with van der Waals surface area (Å²) < 4.78 is 6.45. The number of morpholine rings is 1. The molecule has 0 aromatic carbocycles. The Morgan fingerprint density at radius 2 is 1.80 bits per heavy atom. The van der Waals surface area contributed by atoms with Crippen LogP contribution in [-0.2, 0) is 4.74 Å². The van der Waals surface area contributed by atoms with Crippen LogP contribution in [0.5, 0.6) is 0 Å². The Morgan fingerprint density at radius 1 is 1.30 bits per heavy atom. The lowest BCUT2D eigenvalue weighted by atomic mass is 10.3. The molecule has 1 aliphatic heterocycles. The minimum atomic E-state index is 0. The normalized spacial score (nSPS) is 23.4. The Bertz CT molecular complexity index is 91.6. The molecule has 0 aromatic rings. The molecule has 0 unspecified atom stereocenters. The monoisotopic (exact) mass is 257 g/mol. The van der Waals surface area contributed by atoms with Crippen LogP contribution in [0, 0.1) is 0 Å². The van der Waals surface area contributed by atoms with E-state index in [0.717, 1.165) is 13.2 Å². The van der Waals surface area contributed by atoms with E-state index in [9.17, 15) is 0 Å². The largest absolute Gasteiger partial charge is 1.00 e. The van der Waals surface area contributed by atoms with Gasteiger partial charge in [0.25, 0.3) is 0 Å². The molecular weight excluding hydrogens is 241 g/mol. The van der Waals surface area contributed by atoms with Crippen LogP contribution in [0.3, 0.4) is 0 Å². The summed E-state index contributed by atoms with van der Waals surface area (Å²) >= 11 is 0. The summed E-state index contributed by atoms with van der Waals surface area (Å²) in [6.45, 7) is 7.76. The number of likely N-dealkylation sites (N-methyl/N-ethyl adjacent to an activating group) is 1. The quantitative estimate of drug-likeness (QED) is 0.372. The summed E-state index contributed by atoms with van der Waals surface area (Å²) in [5, 5.41) is 0. The first-order chi connectivity index (χ1) is 4.27. The third-order valence-corrected chi connectivity index (χ3v) is 2.31. The molecule has 62 valence electrons. The molecule has 3 heteroatoms. The highest BCUT2D eigenvalue weighted by Gasteiger charge is 2.21. The molecule has 1 heterocycles. The minimum Gasteiger partial charge on any atom is -1.00 e. The fourth-order valence-corrected chi connectivity index (χ4v) is 1.10. The van der Waals surface area contributed by atoms with Gasteiger partial charge in [-0.1, -0.05) is 0 Å². The van der Waals surface area contributed by atoms with E-state index in [1.165, 1.54) is 24.1 Å². The molecule has 0 aromatic heterocycles. The van der Waals surface area contributed by atoms with Gasteiger partial charge in [0.1, 0.15) is 13.1 Å². The number of hydrogen-bond donors (Lipinski definition) is 0. The van der Waals surface area contributed by atoms with E-state index in [1.54, 1.807) is 0 Å². The van der Waals surface area contributed by atoms with Crippen molar-refractivity contribution in [2.24, 2.45) is 0 Å². The molecule has 0 radical (unpaired) electrons. The number of hydrogen-bond acceptors (Lipinski definition) is 1. The van der Waals surface area contributed by atoms with E-state index < -0.39 is 0 Å². The summed E-state index contributed by atoms with van der Waals surface area (Å²) in [4.78, 5) is 0. The molecule has 10 heavy (non-hydrogen) atoms. The second-order valence-corrected chi connectivity index (χ2v) is 3.00. The van der Waals surface area contributed by atoms with Crippen molar-refractivity contribution in [3.05, 3.63) is 0 Å². The molecule has 0 bridgehead atoms. The fraction of sp³-hybridized carbons (Fsp3) is 1.00. The van der Waals surface area contributed by atoms with Gasteiger partial charge in [0.15, 0.2) is 0 Å². The molecule has 1 rings (SSSR count). The zero-order valence-corrected chi connectivity index (χ0v) is 8.93. The van der Waals surface area contributed by atoms with Crippen LogP contribution in [0.15, 0.2) is 0 Å². The molecule has 1 fully saturated rings. The second-order valence-electron chi connectivity index (χ2n) is 3.00. The van der Waals surface area contributed by atoms with Gasteiger partial charge in [0, 0.05) is 0 Å². The van der Waals surface area contributed by atoms with E-state index in [4.69, 9.17) is 4.74 Å². The smallest absolute Gasteiger partial charge is 0.102 e. The number of halogens is 1. The number of ether oxygens (including phenoxy) is 1. The first-order valence-electron chi connectivity index (χ1n) is 3.68. The highest BCUT2D eigenvalue weighted by atomic mass is 127. The summed E-state index contributed by atoms with van der Waals surface area (Å²) in [6, 6.07) is 0. The topological polar surface area (TPSA) is 9.23 Å². The van der Waals surface area contributed by atoms with E-state index in [2.05, 4.69) is 14.0 Å². The van der Waals surface area contributed by atoms with Crippen molar-refractivity contribution in [1.29, 1.82) is 0 Å². The van der Waals surface area contributed by atoms with Gasteiger partial charge in [-0.2, -0.15) is 0 Å². The van der Waals surface area contributed by atoms with E-state index in [-0.39, 0.29) is 24.0 Å². The highest BCUT2D eigenvalue weighted by Crippen LogP contribution is 2.05. The van der Waals surface area contributed by atoms with Gasteiger partial charge >= 0.3 is 0 Å². The van der Waals surface area contributed by atoms with Crippen LogP contribution in [0.25, 0.3) is 0 Å². The van der Waals surface area contributed by atoms with Crippen LogP contribution in [0.1, 0.15) is 6.92 Å². The average Bonchev–Trinajstić information content (AvgIpc) is 1.90. The molecule has 0 spiro atoms. The first kappa shape index (κ1) is 10.7. The van der Waals surface area contributed by atoms with Crippen molar-refractivity contribution in [2.75, 3.05) is 39.9 Å². The lowest BCUT2D eigenvalue weighted by Gasteiger charge is -2.36. The molecule has 1 aliphatic rings. The summed E-state index contributed by atoms with van der Waals surface area (Å²) in [6.07, 6.45) is 0. The maximum Gasteiger partial charge on any atom is 0.102 e. The molecular formula is C7H16INO. The standard InChI is InChI=1S/C7H16NO.HI/c1-3-8(2)4-6-9-7-5-8;/h3-7H2,1-2H3;1H/q+1;/p-1. The van der Waals surface area contributed by atoms with Crippen LogP contribution < -0.4 is 24.0 Å². The molecule has 2 nitrogen and oxygen atoms in total. The summed E-state index contributed by atoms with van der Waals surface area (Å²) in [5.74, 6) is 0. The third-order valence-electron chi connectivity index (χ3n) is 2.31. The van der Waals surface area contributed by atoms with Crippen LogP contribution in [0.2, 0.25) is 0 Å². The summed E-state index contributed by atoms with van der Waals surface area (Å²) in [7, 11) is 2.29. The van der Waals surface area contributed by atoms with Crippen LogP contribution >= 0.6 is 0 Å². The van der Waals surface area contributed by atoms with Crippen molar-refractivity contribution >= 4 is 0 Å². The van der Waals surface area contributed by atoms with Crippen LogP contribution in [-0.4, -0.2) is 44.4 Å². The van der Waals surface area contributed by atoms with Gasteiger partial charge in [-0.25, -0.2) is 0 Å². The van der Waals surface area contributed by atoms with Gasteiger partial charge in [-0.05, 0) is 6.92 Å². The van der Waals surface area contributed by atoms with Gasteiger partial charge < -0.3 is 33.2 Å². The van der Waals surface area contributed by atoms with Crippen molar-refractivity contribution in [3.63, 3.8) is 0 Å². The summed E-state index contributed by atoms with van der Waals surface area (Å²) in [5.41, 5.74) is 0. The Hall–Kier alpha value is 0.650. The highest BCUT2D eigenvalue weighted by molar-refractivity contribution is 4.43. The Balaban J connectivity index is 0.000000810. The molecule has 1 saturated heterocycles. The number of rotatable bonds is 1. The molecule has 0 atom stereocenters. The van der Waals surface area contributed by atoms with E-state index >= 15 is 0 Å². The number of nitrogens with zero attached hydrogens (tertiary/aromatic N) is 1. The Kier molecular flexibility index (Phi) is 4.81. The van der Waals surface area contributed by atoms with Crippen LogP contribution in [0.4, 0.5) is 0 Å². The SMILES string of the molecule is CC[N+]1(C)CCOCC1.[I-]. The third kappa shape index (κ3) is 2.72. The molecule has 0 aliphatic carbocycles. The maximum absolute atomic E-state index is 5.25. The first-order valence-corrected chi connectivity index (χ1v) is 3.68. The van der Waals surface area contributed by atoms with Crippen molar-refractivity contribution in [1.82, 2.24) is 0 Å². The number of quaternary nitrogens is 1. The molecule has 0 saturated carbocycles. The zero-order chi connectivity index (χ0) is 6.74. The zero-order valence-electron chi connectivity index (χ0n) is 6.77. The van der Waals surface area contributed by atoms with Gasteiger partial charge in [-0.3, -0.25) is 0 Å². The Labute approximate surface area is 80.2 Å². The average molecular weight is 257 g/mol. The van der Waals surface area contributed by atoms with E-state index in [1.807, 2.05) is 0 Å². The molecule has 0 amide bonds. The minimum absolute atomic E-state index is 0. The second kappa shape index (κ2) is 4.51. The van der Waals surface area contributed by atoms with E-state index in [0.29, 0.717) is 0 Å². The lowest BCUT2D eigenvalue weighted by molar-refractivity contribution is -0.915.